The van der Waals surface area contributed by atoms with Crippen LogP contribution in [0.1, 0.15) is 39.0 Å². The van der Waals surface area contributed by atoms with E-state index in [-0.39, 0.29) is 0 Å². The van der Waals surface area contributed by atoms with E-state index in [0.717, 1.165) is 44.0 Å². The van der Waals surface area contributed by atoms with Crippen molar-refractivity contribution in [3.8, 4) is 0 Å². The number of nitrogens with one attached hydrogen (secondary N) is 1. The van der Waals surface area contributed by atoms with Crippen LogP contribution in [0, 0.1) is 5.92 Å². The van der Waals surface area contributed by atoms with Crippen LogP contribution in [0.3, 0.4) is 0 Å². The molecule has 0 aromatic rings. The zero-order chi connectivity index (χ0) is 13.7. The molecule has 0 aromatic heterocycles. The third kappa shape index (κ3) is 4.29. The van der Waals surface area contributed by atoms with Gasteiger partial charge in [0.05, 0.1) is 6.33 Å². The summed E-state index contributed by atoms with van der Waals surface area (Å²) in [6.45, 7) is 1.96. The second kappa shape index (κ2) is 7.01. The van der Waals surface area contributed by atoms with Crippen molar-refractivity contribution < 1.29 is 4.39 Å². The molecule has 106 valence electrons. The van der Waals surface area contributed by atoms with Gasteiger partial charge >= 0.3 is 0 Å². The van der Waals surface area contributed by atoms with Gasteiger partial charge in [0.1, 0.15) is 0 Å². The van der Waals surface area contributed by atoms with Gasteiger partial charge in [-0.05, 0) is 44.6 Å². The molecule has 0 saturated heterocycles. The summed E-state index contributed by atoms with van der Waals surface area (Å²) in [6.07, 6.45) is 14.0. The first-order chi connectivity index (χ1) is 9.24. The summed E-state index contributed by atoms with van der Waals surface area (Å²) in [4.78, 5) is 0. The lowest BCUT2D eigenvalue weighted by Gasteiger charge is -2.27. The standard InChI is InChI=1S/C16H25FN2/c1-2-3-4-5-12(11-17)15-10-16(15)19-14-8-6-13(18)7-9-14/h2-5,11,13-16,19H,6-10,18H2,1H3/b3-2-,5-4-,12-11-. The molecule has 0 spiro atoms. The summed E-state index contributed by atoms with van der Waals surface area (Å²) < 4.78 is 12.9. The maximum Gasteiger partial charge on any atom is 0.0902 e. The number of rotatable bonds is 5. The van der Waals surface area contributed by atoms with Crippen LogP contribution in [-0.2, 0) is 0 Å². The van der Waals surface area contributed by atoms with E-state index in [1.165, 1.54) is 0 Å². The van der Waals surface area contributed by atoms with Crippen molar-refractivity contribution in [2.45, 2.75) is 57.2 Å². The second-order valence-corrected chi connectivity index (χ2v) is 5.72. The van der Waals surface area contributed by atoms with Gasteiger partial charge in [0.25, 0.3) is 0 Å². The van der Waals surface area contributed by atoms with Crippen molar-refractivity contribution in [3.63, 3.8) is 0 Å². The third-order valence-corrected chi connectivity index (χ3v) is 4.16. The van der Waals surface area contributed by atoms with Gasteiger partial charge in [0.15, 0.2) is 0 Å². The van der Waals surface area contributed by atoms with Crippen LogP contribution >= 0.6 is 0 Å². The smallest absolute Gasteiger partial charge is 0.0902 e. The molecule has 2 unspecified atom stereocenters. The van der Waals surface area contributed by atoms with Gasteiger partial charge in [-0.3, -0.25) is 0 Å². The van der Waals surface area contributed by atoms with Crippen molar-refractivity contribution in [1.82, 2.24) is 5.32 Å². The Balaban J connectivity index is 1.77. The minimum absolute atomic E-state index is 0.349. The predicted molar refractivity (Wildman–Crippen MR) is 78.4 cm³/mol. The van der Waals surface area contributed by atoms with Gasteiger partial charge in [-0.2, -0.15) is 0 Å². The van der Waals surface area contributed by atoms with E-state index >= 15 is 0 Å². The fourth-order valence-corrected chi connectivity index (χ4v) is 2.85. The lowest BCUT2D eigenvalue weighted by Crippen LogP contribution is -2.38. The topological polar surface area (TPSA) is 38.0 Å². The first-order valence-electron chi connectivity index (χ1n) is 7.36. The SMILES string of the molecule is C\C=C/C=C\C(=C\F)C1CC1NC1CCC(N)CC1. The summed E-state index contributed by atoms with van der Waals surface area (Å²) in [5.74, 6) is 0.349. The number of hydrogen-bond acceptors (Lipinski definition) is 2. The molecular weight excluding hydrogens is 239 g/mol. The molecule has 0 radical (unpaired) electrons. The molecule has 3 N–H and O–H groups in total. The zero-order valence-electron chi connectivity index (χ0n) is 11.7. The highest BCUT2D eigenvalue weighted by Crippen LogP contribution is 2.39. The van der Waals surface area contributed by atoms with E-state index in [2.05, 4.69) is 5.32 Å². The molecule has 0 aromatic carbocycles. The van der Waals surface area contributed by atoms with E-state index in [1.54, 1.807) is 0 Å². The van der Waals surface area contributed by atoms with E-state index in [9.17, 15) is 4.39 Å². The molecule has 0 bridgehead atoms. The minimum Gasteiger partial charge on any atom is -0.328 e. The third-order valence-electron chi connectivity index (χ3n) is 4.16. The van der Waals surface area contributed by atoms with Gasteiger partial charge < -0.3 is 11.1 Å². The van der Waals surface area contributed by atoms with Crippen LogP contribution in [0.15, 0.2) is 36.2 Å². The predicted octanol–water partition coefficient (Wildman–Crippen LogP) is 3.22. The fraction of sp³-hybridized carbons (Fsp3) is 0.625. The Labute approximate surface area is 115 Å². The van der Waals surface area contributed by atoms with Gasteiger partial charge in [0, 0.05) is 24.0 Å². The lowest BCUT2D eigenvalue weighted by molar-refractivity contribution is 0.338. The Morgan fingerprint density at radius 2 is 1.95 bits per heavy atom. The Kier molecular flexibility index (Phi) is 5.34. The quantitative estimate of drug-likeness (QED) is 0.748. The summed E-state index contributed by atoms with van der Waals surface area (Å²) in [6, 6.07) is 1.42. The van der Waals surface area contributed by atoms with E-state index < -0.39 is 0 Å². The van der Waals surface area contributed by atoms with E-state index in [1.807, 2.05) is 31.2 Å². The minimum atomic E-state index is 0.349. The number of halogens is 1. The molecule has 19 heavy (non-hydrogen) atoms. The lowest BCUT2D eigenvalue weighted by atomic mass is 9.92. The van der Waals surface area contributed by atoms with Crippen molar-refractivity contribution >= 4 is 0 Å². The molecule has 2 atom stereocenters. The van der Waals surface area contributed by atoms with E-state index in [0.29, 0.717) is 24.0 Å². The Morgan fingerprint density at radius 3 is 2.58 bits per heavy atom. The largest absolute Gasteiger partial charge is 0.328 e. The number of allylic oxidation sites excluding steroid dienone is 4. The molecule has 0 aliphatic heterocycles. The van der Waals surface area contributed by atoms with Crippen LogP contribution in [0.2, 0.25) is 0 Å². The highest BCUT2D eigenvalue weighted by atomic mass is 19.1. The Bertz CT molecular complexity index is 365. The number of hydrogen-bond donors (Lipinski definition) is 2. The maximum absolute atomic E-state index is 12.9. The van der Waals surface area contributed by atoms with Crippen LogP contribution in [0.25, 0.3) is 0 Å². The molecule has 2 saturated carbocycles. The highest BCUT2D eigenvalue weighted by molar-refractivity contribution is 5.29. The summed E-state index contributed by atoms with van der Waals surface area (Å²) in [7, 11) is 0. The van der Waals surface area contributed by atoms with Crippen LogP contribution in [-0.4, -0.2) is 18.1 Å². The molecule has 2 aliphatic carbocycles. The molecule has 0 heterocycles. The van der Waals surface area contributed by atoms with Gasteiger partial charge in [-0.15, -0.1) is 0 Å². The molecule has 2 aliphatic rings. The van der Waals surface area contributed by atoms with Crippen molar-refractivity contribution in [1.29, 1.82) is 0 Å². The molecule has 3 heteroatoms. The van der Waals surface area contributed by atoms with Crippen LogP contribution in [0.4, 0.5) is 4.39 Å². The Morgan fingerprint density at radius 1 is 1.21 bits per heavy atom. The molecule has 2 nitrogen and oxygen atoms in total. The summed E-state index contributed by atoms with van der Waals surface area (Å²) >= 11 is 0. The van der Waals surface area contributed by atoms with Crippen LogP contribution in [0.5, 0.6) is 0 Å². The zero-order valence-corrected chi connectivity index (χ0v) is 11.7. The molecule has 2 fully saturated rings. The van der Waals surface area contributed by atoms with Crippen molar-refractivity contribution in [2.24, 2.45) is 11.7 Å². The molecular formula is C16H25FN2. The van der Waals surface area contributed by atoms with Gasteiger partial charge in [-0.1, -0.05) is 24.3 Å². The second-order valence-electron chi connectivity index (χ2n) is 5.72. The molecule has 2 rings (SSSR count). The van der Waals surface area contributed by atoms with Gasteiger partial charge in [0.2, 0.25) is 0 Å². The Hall–Kier alpha value is -0.930. The monoisotopic (exact) mass is 264 g/mol. The normalized spacial score (nSPS) is 36.3. The van der Waals surface area contributed by atoms with Crippen LogP contribution < -0.4 is 11.1 Å². The average molecular weight is 264 g/mol. The van der Waals surface area contributed by atoms with Gasteiger partial charge in [-0.25, -0.2) is 4.39 Å². The fourth-order valence-electron chi connectivity index (χ4n) is 2.85. The van der Waals surface area contributed by atoms with Crippen molar-refractivity contribution in [2.75, 3.05) is 0 Å². The van der Waals surface area contributed by atoms with E-state index in [4.69, 9.17) is 5.73 Å². The molecule has 0 amide bonds. The summed E-state index contributed by atoms with van der Waals surface area (Å²) in [5, 5.41) is 3.65. The summed E-state index contributed by atoms with van der Waals surface area (Å²) in [5.41, 5.74) is 6.71. The average Bonchev–Trinajstić information content (AvgIpc) is 3.17. The first-order valence-corrected chi connectivity index (χ1v) is 7.36. The highest BCUT2D eigenvalue weighted by Gasteiger charge is 2.40. The van der Waals surface area contributed by atoms with Crippen molar-refractivity contribution in [3.05, 3.63) is 36.2 Å². The maximum atomic E-state index is 12.9. The number of nitrogens with two attached hydrogens (primary N) is 1. The first kappa shape index (κ1) is 14.5.